The average molecular weight is 137 g/mol. The van der Waals surface area contributed by atoms with Crippen LogP contribution in [0.1, 0.15) is 20.3 Å². The van der Waals surface area contributed by atoms with E-state index in [9.17, 15) is 0 Å². The molecule has 0 aromatic carbocycles. The van der Waals surface area contributed by atoms with Gasteiger partial charge in [-0.3, -0.25) is 0 Å². The third-order valence-electron chi connectivity index (χ3n) is 1.62. The molecule has 2 N–H and O–H groups in total. The van der Waals surface area contributed by atoms with Crippen LogP contribution in [0.5, 0.6) is 0 Å². The molecular weight excluding hydrogens is 126 g/mol. The van der Waals surface area contributed by atoms with Gasteiger partial charge in [0.1, 0.15) is 0 Å². The van der Waals surface area contributed by atoms with Gasteiger partial charge in [-0.25, -0.2) is 0 Å². The van der Waals surface area contributed by atoms with E-state index in [-0.39, 0.29) is 0 Å². The first kappa shape index (κ1) is 6.99. The largest absolute Gasteiger partial charge is 0.382 e. The average Bonchev–Trinajstić information content (AvgIpc) is 2.34. The minimum absolute atomic E-state index is 0.541. The van der Waals surface area contributed by atoms with E-state index in [1.54, 1.807) is 6.21 Å². The van der Waals surface area contributed by atoms with Gasteiger partial charge in [0.05, 0.1) is 6.21 Å². The summed E-state index contributed by atoms with van der Waals surface area (Å²) < 4.78 is 0. The predicted octanol–water partition coefficient (Wildman–Crippen LogP) is 1.07. The molecule has 0 saturated heterocycles. The molecule has 3 heteroatoms. The van der Waals surface area contributed by atoms with Crippen molar-refractivity contribution < 1.29 is 0 Å². The van der Waals surface area contributed by atoms with Crippen LogP contribution in [0.15, 0.2) is 21.3 Å². The summed E-state index contributed by atoms with van der Waals surface area (Å²) >= 11 is 0. The molecule has 0 fully saturated rings. The lowest BCUT2D eigenvalue weighted by atomic mass is 10.1. The van der Waals surface area contributed by atoms with E-state index in [1.807, 2.05) is 6.92 Å². The van der Waals surface area contributed by atoms with Gasteiger partial charge < -0.3 is 5.73 Å². The third-order valence-corrected chi connectivity index (χ3v) is 1.62. The standard InChI is InChI=1S/C7H11N3/c1-3-5(2)6-4-9-10-7(6)8/h4H,3H2,1-2H3,(H2,8,10)/b6-5+. The van der Waals surface area contributed by atoms with E-state index < -0.39 is 0 Å². The van der Waals surface area contributed by atoms with Crippen molar-refractivity contribution in [2.24, 2.45) is 15.9 Å². The van der Waals surface area contributed by atoms with Crippen molar-refractivity contribution >= 4 is 12.1 Å². The minimum atomic E-state index is 0.541. The van der Waals surface area contributed by atoms with Crippen molar-refractivity contribution in [2.45, 2.75) is 20.3 Å². The van der Waals surface area contributed by atoms with Crippen molar-refractivity contribution in [3.05, 3.63) is 11.1 Å². The highest BCUT2D eigenvalue weighted by Gasteiger charge is 2.07. The second-order valence-corrected chi connectivity index (χ2v) is 2.28. The van der Waals surface area contributed by atoms with Gasteiger partial charge in [0.25, 0.3) is 0 Å². The fourth-order valence-electron chi connectivity index (χ4n) is 0.788. The highest BCUT2D eigenvalue weighted by molar-refractivity contribution is 6.17. The zero-order valence-electron chi connectivity index (χ0n) is 6.26. The van der Waals surface area contributed by atoms with Gasteiger partial charge in [0.15, 0.2) is 5.84 Å². The Balaban J connectivity index is 2.93. The van der Waals surface area contributed by atoms with Crippen LogP contribution in [0.3, 0.4) is 0 Å². The summed E-state index contributed by atoms with van der Waals surface area (Å²) in [4.78, 5) is 0. The third kappa shape index (κ3) is 1.07. The first-order valence-electron chi connectivity index (χ1n) is 3.32. The molecular formula is C7H11N3. The molecule has 10 heavy (non-hydrogen) atoms. The molecule has 3 nitrogen and oxygen atoms in total. The van der Waals surface area contributed by atoms with Gasteiger partial charge in [-0.2, -0.15) is 5.10 Å². The minimum Gasteiger partial charge on any atom is -0.382 e. The van der Waals surface area contributed by atoms with Crippen molar-refractivity contribution in [3.63, 3.8) is 0 Å². The Labute approximate surface area is 60.3 Å². The Morgan fingerprint density at radius 1 is 1.70 bits per heavy atom. The van der Waals surface area contributed by atoms with Gasteiger partial charge >= 0.3 is 0 Å². The van der Waals surface area contributed by atoms with Crippen molar-refractivity contribution in [2.75, 3.05) is 0 Å². The Hall–Kier alpha value is -1.12. The molecule has 0 bridgehead atoms. The topological polar surface area (TPSA) is 50.7 Å². The molecule has 1 rings (SSSR count). The summed E-state index contributed by atoms with van der Waals surface area (Å²) in [5.74, 6) is 0.541. The first-order valence-corrected chi connectivity index (χ1v) is 3.32. The monoisotopic (exact) mass is 137 g/mol. The van der Waals surface area contributed by atoms with E-state index in [1.165, 1.54) is 5.57 Å². The molecule has 1 heterocycles. The van der Waals surface area contributed by atoms with Gasteiger partial charge in [-0.1, -0.05) is 12.5 Å². The molecule has 0 aromatic heterocycles. The van der Waals surface area contributed by atoms with Crippen LogP contribution in [0, 0.1) is 0 Å². The van der Waals surface area contributed by atoms with E-state index >= 15 is 0 Å². The van der Waals surface area contributed by atoms with Gasteiger partial charge in [-0.05, 0) is 13.3 Å². The maximum atomic E-state index is 5.52. The number of hydrogen-bond acceptors (Lipinski definition) is 3. The molecule has 0 spiro atoms. The lowest BCUT2D eigenvalue weighted by Crippen LogP contribution is -2.13. The summed E-state index contributed by atoms with van der Waals surface area (Å²) in [7, 11) is 0. The first-order chi connectivity index (χ1) is 4.75. The summed E-state index contributed by atoms with van der Waals surface area (Å²) in [5.41, 5.74) is 7.75. The fraction of sp³-hybridized carbons (Fsp3) is 0.429. The summed E-state index contributed by atoms with van der Waals surface area (Å²) in [5, 5.41) is 7.39. The van der Waals surface area contributed by atoms with Gasteiger partial charge in [0.2, 0.25) is 0 Å². The number of hydrogen-bond donors (Lipinski definition) is 1. The maximum absolute atomic E-state index is 5.52. The lowest BCUT2D eigenvalue weighted by Gasteiger charge is -1.98. The lowest BCUT2D eigenvalue weighted by molar-refractivity contribution is 1.09. The summed E-state index contributed by atoms with van der Waals surface area (Å²) in [6, 6.07) is 0. The smallest absolute Gasteiger partial charge is 0.154 e. The number of allylic oxidation sites excluding steroid dienone is 1. The SMILES string of the molecule is CC/C(C)=C1\C=NN=C1N. The molecule has 0 unspecified atom stereocenters. The van der Waals surface area contributed by atoms with Crippen LogP contribution in [0.2, 0.25) is 0 Å². The van der Waals surface area contributed by atoms with Crippen LogP contribution in [-0.2, 0) is 0 Å². The van der Waals surface area contributed by atoms with Gasteiger partial charge in [0, 0.05) is 5.57 Å². The second kappa shape index (κ2) is 2.64. The van der Waals surface area contributed by atoms with E-state index in [0.717, 1.165) is 12.0 Å². The number of amidine groups is 1. The van der Waals surface area contributed by atoms with Crippen molar-refractivity contribution in [1.82, 2.24) is 0 Å². The quantitative estimate of drug-likeness (QED) is 0.577. The Kier molecular flexibility index (Phi) is 1.85. The zero-order chi connectivity index (χ0) is 7.56. The molecule has 1 aliphatic rings. The fourth-order valence-corrected chi connectivity index (χ4v) is 0.788. The molecule has 54 valence electrons. The molecule has 0 atom stereocenters. The van der Waals surface area contributed by atoms with Crippen molar-refractivity contribution in [3.8, 4) is 0 Å². The Morgan fingerprint density at radius 2 is 2.40 bits per heavy atom. The summed E-state index contributed by atoms with van der Waals surface area (Å²) in [6.45, 7) is 4.12. The summed E-state index contributed by atoms with van der Waals surface area (Å²) in [6.07, 6.45) is 2.70. The Bertz CT molecular complexity index is 223. The zero-order valence-corrected chi connectivity index (χ0v) is 6.26. The van der Waals surface area contributed by atoms with E-state index in [4.69, 9.17) is 5.73 Å². The number of rotatable bonds is 1. The number of nitrogens with zero attached hydrogens (tertiary/aromatic N) is 2. The van der Waals surface area contributed by atoms with Crippen molar-refractivity contribution in [1.29, 1.82) is 0 Å². The van der Waals surface area contributed by atoms with Crippen LogP contribution in [0.25, 0.3) is 0 Å². The molecule has 1 aliphatic heterocycles. The molecule has 0 aliphatic carbocycles. The van der Waals surface area contributed by atoms with Crippen LogP contribution < -0.4 is 5.73 Å². The van der Waals surface area contributed by atoms with Crippen LogP contribution in [-0.4, -0.2) is 12.1 Å². The maximum Gasteiger partial charge on any atom is 0.154 e. The van der Waals surface area contributed by atoms with Gasteiger partial charge in [-0.15, -0.1) is 5.10 Å². The molecule has 0 radical (unpaired) electrons. The van der Waals surface area contributed by atoms with E-state index in [2.05, 4.69) is 17.1 Å². The number of nitrogens with two attached hydrogens (primary N) is 1. The van der Waals surface area contributed by atoms with E-state index in [0.29, 0.717) is 5.84 Å². The molecule has 0 saturated carbocycles. The predicted molar refractivity (Wildman–Crippen MR) is 43.1 cm³/mol. The molecule has 0 aromatic rings. The van der Waals surface area contributed by atoms with Crippen LogP contribution >= 0.6 is 0 Å². The highest BCUT2D eigenvalue weighted by atomic mass is 15.2. The highest BCUT2D eigenvalue weighted by Crippen LogP contribution is 2.09. The Morgan fingerprint density at radius 3 is 2.80 bits per heavy atom. The van der Waals surface area contributed by atoms with Crippen LogP contribution in [0.4, 0.5) is 0 Å². The molecule has 0 amide bonds. The normalized spacial score (nSPS) is 21.2. The second-order valence-electron chi connectivity index (χ2n) is 2.28.